The van der Waals surface area contributed by atoms with E-state index in [9.17, 15) is 9.90 Å². The zero-order valence-electron chi connectivity index (χ0n) is 12.5. The molecule has 1 aromatic rings. The fourth-order valence-corrected chi connectivity index (χ4v) is 3.74. The van der Waals surface area contributed by atoms with Gasteiger partial charge in [0.15, 0.2) is 4.88 Å². The van der Waals surface area contributed by atoms with Crippen LogP contribution in [0.5, 0.6) is 5.75 Å². The Morgan fingerprint density at radius 3 is 2.85 bits per heavy atom. The van der Waals surface area contributed by atoms with Gasteiger partial charge in [-0.3, -0.25) is 0 Å². The third-order valence-electron chi connectivity index (χ3n) is 4.09. The van der Waals surface area contributed by atoms with Crippen LogP contribution in [0.1, 0.15) is 73.3 Å². The average molecular weight is 296 g/mol. The van der Waals surface area contributed by atoms with Gasteiger partial charge >= 0.3 is 5.97 Å². The molecule has 1 aliphatic carbocycles. The van der Waals surface area contributed by atoms with Crippen molar-refractivity contribution in [3.05, 3.63) is 15.8 Å². The summed E-state index contributed by atoms with van der Waals surface area (Å²) in [5, 5.41) is 9.32. The summed E-state index contributed by atoms with van der Waals surface area (Å²) in [4.78, 5) is 12.8. The van der Waals surface area contributed by atoms with Gasteiger partial charge in [-0.2, -0.15) is 0 Å². The third kappa shape index (κ3) is 3.54. The fourth-order valence-electron chi connectivity index (χ4n) is 2.81. The van der Waals surface area contributed by atoms with Crippen LogP contribution in [0.3, 0.4) is 0 Å². The van der Waals surface area contributed by atoms with E-state index in [-0.39, 0.29) is 6.10 Å². The number of ether oxygens (including phenoxy) is 1. The maximum Gasteiger partial charge on any atom is 0.349 e. The number of hydrogen-bond donors (Lipinski definition) is 1. The molecule has 1 N–H and O–H groups in total. The standard InChI is InChI=1S/C16H24O3S/c1-4-11-6-5-7-12(8-11)19-13-9-14(10(2)3)20-15(13)16(17)18/h9-12H,4-8H2,1-3H3,(H,17,18). The zero-order valence-corrected chi connectivity index (χ0v) is 13.3. The Labute approximate surface area is 125 Å². The molecule has 0 aromatic carbocycles. The molecule has 1 aliphatic rings. The summed E-state index contributed by atoms with van der Waals surface area (Å²) in [6.45, 7) is 6.38. The molecule has 0 radical (unpaired) electrons. The van der Waals surface area contributed by atoms with Gasteiger partial charge in [0.25, 0.3) is 0 Å². The highest BCUT2D eigenvalue weighted by molar-refractivity contribution is 7.14. The second-order valence-corrected chi connectivity index (χ2v) is 7.07. The van der Waals surface area contributed by atoms with Crippen molar-refractivity contribution < 1.29 is 14.6 Å². The minimum atomic E-state index is -0.875. The number of carboxylic acids is 1. The van der Waals surface area contributed by atoms with Crippen LogP contribution in [0.2, 0.25) is 0 Å². The summed E-state index contributed by atoms with van der Waals surface area (Å²) >= 11 is 1.35. The molecule has 2 rings (SSSR count). The van der Waals surface area contributed by atoms with Crippen LogP contribution in [0.15, 0.2) is 6.07 Å². The second kappa shape index (κ2) is 6.61. The first-order chi connectivity index (χ1) is 9.51. The van der Waals surface area contributed by atoms with Crippen molar-refractivity contribution in [2.24, 2.45) is 5.92 Å². The first-order valence-corrected chi connectivity index (χ1v) is 8.36. The molecule has 1 fully saturated rings. The van der Waals surface area contributed by atoms with Crippen LogP contribution >= 0.6 is 11.3 Å². The fraction of sp³-hybridized carbons (Fsp3) is 0.688. The van der Waals surface area contributed by atoms with Crippen LogP contribution in [-0.4, -0.2) is 17.2 Å². The van der Waals surface area contributed by atoms with Crippen molar-refractivity contribution in [1.29, 1.82) is 0 Å². The molecule has 2 unspecified atom stereocenters. The van der Waals surface area contributed by atoms with E-state index in [0.717, 1.165) is 23.6 Å². The smallest absolute Gasteiger partial charge is 0.349 e. The lowest BCUT2D eigenvalue weighted by atomic mass is 9.85. The predicted molar refractivity (Wildman–Crippen MR) is 82.0 cm³/mol. The number of carbonyl (C=O) groups is 1. The highest BCUT2D eigenvalue weighted by Crippen LogP contribution is 2.37. The van der Waals surface area contributed by atoms with E-state index >= 15 is 0 Å². The summed E-state index contributed by atoms with van der Waals surface area (Å²) in [5.41, 5.74) is 0. The van der Waals surface area contributed by atoms with E-state index in [2.05, 4.69) is 20.8 Å². The van der Waals surface area contributed by atoms with Gasteiger partial charge in [-0.1, -0.05) is 33.6 Å². The Balaban J connectivity index is 2.13. The van der Waals surface area contributed by atoms with Gasteiger partial charge in [0.05, 0.1) is 6.10 Å². The van der Waals surface area contributed by atoms with E-state index in [0.29, 0.717) is 16.5 Å². The molecule has 0 amide bonds. The Morgan fingerprint density at radius 1 is 1.50 bits per heavy atom. The Kier molecular flexibility index (Phi) is 5.08. The van der Waals surface area contributed by atoms with Crippen LogP contribution in [0.25, 0.3) is 0 Å². The van der Waals surface area contributed by atoms with Crippen LogP contribution in [-0.2, 0) is 0 Å². The van der Waals surface area contributed by atoms with E-state index < -0.39 is 5.97 Å². The summed E-state index contributed by atoms with van der Waals surface area (Å²) in [6, 6.07) is 1.92. The largest absolute Gasteiger partial charge is 0.489 e. The molecule has 1 heterocycles. The minimum Gasteiger partial charge on any atom is -0.489 e. The molecule has 4 heteroatoms. The molecular formula is C16H24O3S. The summed E-state index contributed by atoms with van der Waals surface area (Å²) in [7, 11) is 0. The van der Waals surface area contributed by atoms with Crippen molar-refractivity contribution in [1.82, 2.24) is 0 Å². The number of thiophene rings is 1. The number of rotatable bonds is 5. The lowest BCUT2D eigenvalue weighted by molar-refractivity contribution is 0.0689. The predicted octanol–water partition coefficient (Wildman–Crippen LogP) is 4.92. The molecule has 0 bridgehead atoms. The summed E-state index contributed by atoms with van der Waals surface area (Å²) < 4.78 is 6.04. The molecule has 0 aliphatic heterocycles. The van der Waals surface area contributed by atoms with Crippen LogP contribution in [0, 0.1) is 5.92 Å². The third-order valence-corrected chi connectivity index (χ3v) is 5.49. The molecule has 0 spiro atoms. The Bertz CT molecular complexity index is 464. The minimum absolute atomic E-state index is 0.182. The van der Waals surface area contributed by atoms with Crippen molar-refractivity contribution in [2.75, 3.05) is 0 Å². The first kappa shape index (κ1) is 15.4. The van der Waals surface area contributed by atoms with E-state index in [1.54, 1.807) is 0 Å². The lowest BCUT2D eigenvalue weighted by Gasteiger charge is -2.28. The highest BCUT2D eigenvalue weighted by Gasteiger charge is 2.25. The SMILES string of the molecule is CCC1CCCC(Oc2cc(C(C)C)sc2C(=O)O)C1. The zero-order chi connectivity index (χ0) is 14.7. The van der Waals surface area contributed by atoms with Gasteiger partial charge in [-0.25, -0.2) is 4.79 Å². The molecule has 1 saturated carbocycles. The molecule has 2 atom stereocenters. The van der Waals surface area contributed by atoms with Crippen LogP contribution in [0.4, 0.5) is 0 Å². The maximum absolute atomic E-state index is 11.4. The lowest BCUT2D eigenvalue weighted by Crippen LogP contribution is -2.25. The van der Waals surface area contributed by atoms with E-state index in [1.807, 2.05) is 6.07 Å². The monoisotopic (exact) mass is 296 g/mol. The van der Waals surface area contributed by atoms with Crippen molar-refractivity contribution in [3.8, 4) is 5.75 Å². The topological polar surface area (TPSA) is 46.5 Å². The second-order valence-electron chi connectivity index (χ2n) is 5.98. The van der Waals surface area contributed by atoms with Crippen LogP contribution < -0.4 is 4.74 Å². The van der Waals surface area contributed by atoms with Gasteiger partial charge in [0.1, 0.15) is 5.75 Å². The normalized spacial score (nSPS) is 23.0. The van der Waals surface area contributed by atoms with Crippen molar-refractivity contribution in [3.63, 3.8) is 0 Å². The molecule has 3 nitrogen and oxygen atoms in total. The highest BCUT2D eigenvalue weighted by atomic mass is 32.1. The number of aromatic carboxylic acids is 1. The van der Waals surface area contributed by atoms with Gasteiger partial charge in [-0.05, 0) is 37.2 Å². The maximum atomic E-state index is 11.4. The van der Waals surface area contributed by atoms with E-state index in [1.165, 1.54) is 30.6 Å². The Hall–Kier alpha value is -1.03. The Morgan fingerprint density at radius 2 is 2.25 bits per heavy atom. The van der Waals surface area contributed by atoms with Gasteiger partial charge < -0.3 is 9.84 Å². The summed E-state index contributed by atoms with van der Waals surface area (Å²) in [6.07, 6.45) is 5.94. The number of carboxylic acid groups (broad SMARTS) is 1. The first-order valence-electron chi connectivity index (χ1n) is 7.54. The molecule has 20 heavy (non-hydrogen) atoms. The molecule has 0 saturated heterocycles. The summed E-state index contributed by atoms with van der Waals surface area (Å²) in [5.74, 6) is 0.767. The van der Waals surface area contributed by atoms with Gasteiger partial charge in [0.2, 0.25) is 0 Å². The molecule has 112 valence electrons. The number of hydrogen-bond acceptors (Lipinski definition) is 3. The van der Waals surface area contributed by atoms with E-state index in [4.69, 9.17) is 4.74 Å². The van der Waals surface area contributed by atoms with Crippen molar-refractivity contribution in [2.45, 2.75) is 64.9 Å². The van der Waals surface area contributed by atoms with Gasteiger partial charge in [-0.15, -0.1) is 11.3 Å². The average Bonchev–Trinajstić information content (AvgIpc) is 2.83. The van der Waals surface area contributed by atoms with Crippen molar-refractivity contribution >= 4 is 17.3 Å². The van der Waals surface area contributed by atoms with Gasteiger partial charge in [0, 0.05) is 4.88 Å². The molecular weight excluding hydrogens is 272 g/mol. The molecule has 1 aromatic heterocycles. The quantitative estimate of drug-likeness (QED) is 0.839.